The Bertz CT molecular complexity index is 2840. The van der Waals surface area contributed by atoms with Crippen LogP contribution in [0.25, 0.3) is 75.1 Å². The molecule has 0 aliphatic heterocycles. The van der Waals surface area contributed by atoms with Crippen molar-refractivity contribution in [3.05, 3.63) is 176 Å². The van der Waals surface area contributed by atoms with E-state index in [2.05, 4.69) is 175 Å². The summed E-state index contributed by atoms with van der Waals surface area (Å²) < 4.78 is 9.26. The molecule has 0 fully saturated rings. The second kappa shape index (κ2) is 11.2. The van der Waals surface area contributed by atoms with Crippen molar-refractivity contribution in [2.75, 3.05) is 4.90 Å². The Morgan fingerprint density at radius 1 is 0.429 bits per heavy atom. The van der Waals surface area contributed by atoms with E-state index in [1.807, 2.05) is 17.4 Å². The lowest BCUT2D eigenvalue weighted by atomic mass is 9.98. The topological polar surface area (TPSA) is 16.4 Å². The van der Waals surface area contributed by atoms with Crippen LogP contribution in [0.15, 0.2) is 180 Å². The second-order valence-electron chi connectivity index (χ2n) is 12.5. The molecule has 10 aromatic rings. The van der Waals surface area contributed by atoms with Crippen LogP contribution < -0.4 is 4.90 Å². The molecule has 49 heavy (non-hydrogen) atoms. The first kappa shape index (κ1) is 27.9. The molecule has 230 valence electrons. The van der Waals surface area contributed by atoms with E-state index in [4.69, 9.17) is 4.42 Å². The van der Waals surface area contributed by atoms with Crippen LogP contribution in [0, 0.1) is 0 Å². The SMILES string of the molecule is c1ccc(N(c2ccc(-c3ccc4ccccc4c3)cc2)c2cccc3c2oc2ccccc23)c(-c2cccc3c2sc2ccccc23)c1. The third-order valence-electron chi connectivity index (χ3n) is 9.67. The Morgan fingerprint density at radius 3 is 2.00 bits per heavy atom. The number of hydrogen-bond donors (Lipinski definition) is 0. The van der Waals surface area contributed by atoms with Gasteiger partial charge in [-0.3, -0.25) is 0 Å². The Kier molecular flexibility index (Phi) is 6.39. The first-order chi connectivity index (χ1) is 24.3. The molecular weight excluding hydrogens is 615 g/mol. The van der Waals surface area contributed by atoms with Crippen molar-refractivity contribution in [3.8, 4) is 22.3 Å². The zero-order valence-electron chi connectivity index (χ0n) is 26.5. The zero-order valence-corrected chi connectivity index (χ0v) is 27.3. The fourth-order valence-electron chi connectivity index (χ4n) is 7.34. The van der Waals surface area contributed by atoms with Gasteiger partial charge in [-0.15, -0.1) is 11.3 Å². The molecule has 2 heterocycles. The predicted octanol–water partition coefficient (Wildman–Crippen LogP) is 13.9. The summed E-state index contributed by atoms with van der Waals surface area (Å²) in [5.74, 6) is 0. The number of thiophene rings is 1. The average Bonchev–Trinajstić information content (AvgIpc) is 3.75. The fourth-order valence-corrected chi connectivity index (χ4v) is 8.57. The number of hydrogen-bond acceptors (Lipinski definition) is 3. The van der Waals surface area contributed by atoms with E-state index >= 15 is 0 Å². The third kappa shape index (κ3) is 4.55. The normalized spacial score (nSPS) is 11.7. The minimum absolute atomic E-state index is 0.872. The van der Waals surface area contributed by atoms with Gasteiger partial charge in [-0.1, -0.05) is 133 Å². The van der Waals surface area contributed by atoms with Crippen molar-refractivity contribution in [2.45, 2.75) is 0 Å². The van der Waals surface area contributed by atoms with Crippen LogP contribution in [-0.2, 0) is 0 Å². The molecule has 0 atom stereocenters. The number of fused-ring (bicyclic) bond motifs is 7. The van der Waals surface area contributed by atoms with Crippen LogP contribution in [0.5, 0.6) is 0 Å². The van der Waals surface area contributed by atoms with E-state index in [0.29, 0.717) is 0 Å². The van der Waals surface area contributed by atoms with Crippen LogP contribution in [0.4, 0.5) is 17.1 Å². The van der Waals surface area contributed by atoms with Gasteiger partial charge in [0.1, 0.15) is 5.58 Å². The number of benzene rings is 8. The lowest BCUT2D eigenvalue weighted by molar-refractivity contribution is 0.669. The van der Waals surface area contributed by atoms with Gasteiger partial charge in [0, 0.05) is 47.8 Å². The quantitative estimate of drug-likeness (QED) is 0.186. The van der Waals surface area contributed by atoms with Crippen molar-refractivity contribution >= 4 is 81.3 Å². The summed E-state index contributed by atoms with van der Waals surface area (Å²) in [5.41, 5.74) is 9.70. The van der Waals surface area contributed by atoms with Gasteiger partial charge in [-0.05, 0) is 64.4 Å². The molecule has 2 nitrogen and oxygen atoms in total. The number of rotatable bonds is 5. The number of anilines is 3. The highest BCUT2D eigenvalue weighted by Crippen LogP contribution is 2.48. The molecule has 0 amide bonds. The maximum absolute atomic E-state index is 6.66. The molecule has 8 aromatic carbocycles. The van der Waals surface area contributed by atoms with Crippen molar-refractivity contribution in [1.29, 1.82) is 0 Å². The summed E-state index contributed by atoms with van der Waals surface area (Å²) in [6.45, 7) is 0. The summed E-state index contributed by atoms with van der Waals surface area (Å²) in [7, 11) is 0. The molecule has 0 bridgehead atoms. The van der Waals surface area contributed by atoms with Crippen molar-refractivity contribution in [1.82, 2.24) is 0 Å². The van der Waals surface area contributed by atoms with Crippen molar-refractivity contribution < 1.29 is 4.42 Å². The molecular formula is C46H29NOS. The molecule has 0 N–H and O–H groups in total. The van der Waals surface area contributed by atoms with Crippen molar-refractivity contribution in [3.63, 3.8) is 0 Å². The minimum Gasteiger partial charge on any atom is -0.454 e. The fraction of sp³-hybridized carbons (Fsp3) is 0. The largest absolute Gasteiger partial charge is 0.454 e. The first-order valence-electron chi connectivity index (χ1n) is 16.6. The van der Waals surface area contributed by atoms with Crippen LogP contribution in [0.2, 0.25) is 0 Å². The maximum Gasteiger partial charge on any atom is 0.159 e. The highest BCUT2D eigenvalue weighted by molar-refractivity contribution is 7.26. The standard InChI is InChI=1S/C46H29NOS/c1-2-12-32-29-33(24-23-30(32)11-1)31-25-27-34(28-26-31)47(42-20-10-16-38-36-14-4-7-21-43(36)48-45(38)42)41-19-6-3-13-35(41)39-17-9-18-40-37-15-5-8-22-44(37)49-46(39)40/h1-29H. The van der Waals surface area contributed by atoms with E-state index in [9.17, 15) is 0 Å². The van der Waals surface area contributed by atoms with E-state index in [0.717, 1.165) is 39.0 Å². The molecule has 0 saturated heterocycles. The van der Waals surface area contributed by atoms with E-state index < -0.39 is 0 Å². The monoisotopic (exact) mass is 643 g/mol. The molecule has 10 rings (SSSR count). The lowest BCUT2D eigenvalue weighted by Crippen LogP contribution is -2.11. The molecule has 0 aliphatic carbocycles. The number of furan rings is 1. The summed E-state index contributed by atoms with van der Waals surface area (Å²) in [6, 6.07) is 63.2. The summed E-state index contributed by atoms with van der Waals surface area (Å²) in [4.78, 5) is 2.37. The van der Waals surface area contributed by atoms with E-state index in [-0.39, 0.29) is 0 Å². The Hall–Kier alpha value is -6.16. The smallest absolute Gasteiger partial charge is 0.159 e. The van der Waals surface area contributed by atoms with Crippen molar-refractivity contribution in [2.24, 2.45) is 0 Å². The first-order valence-corrected chi connectivity index (χ1v) is 17.4. The van der Waals surface area contributed by atoms with E-state index in [1.54, 1.807) is 0 Å². The minimum atomic E-state index is 0.872. The lowest BCUT2D eigenvalue weighted by Gasteiger charge is -2.28. The van der Waals surface area contributed by atoms with Crippen LogP contribution in [0.1, 0.15) is 0 Å². The molecule has 0 unspecified atom stereocenters. The van der Waals surface area contributed by atoms with Gasteiger partial charge in [0.15, 0.2) is 5.58 Å². The zero-order chi connectivity index (χ0) is 32.3. The summed E-state index contributed by atoms with van der Waals surface area (Å²) in [5, 5.41) is 7.31. The predicted molar refractivity (Wildman–Crippen MR) is 210 cm³/mol. The number of para-hydroxylation sites is 3. The molecule has 3 heteroatoms. The van der Waals surface area contributed by atoms with Gasteiger partial charge in [0.25, 0.3) is 0 Å². The summed E-state index contributed by atoms with van der Waals surface area (Å²) >= 11 is 1.86. The van der Waals surface area contributed by atoms with E-state index in [1.165, 1.54) is 53.2 Å². The van der Waals surface area contributed by atoms with Gasteiger partial charge in [0.2, 0.25) is 0 Å². The highest BCUT2D eigenvalue weighted by Gasteiger charge is 2.23. The number of nitrogens with zero attached hydrogens (tertiary/aromatic N) is 1. The second-order valence-corrected chi connectivity index (χ2v) is 13.5. The Balaban J connectivity index is 1.20. The van der Waals surface area contributed by atoms with Gasteiger partial charge >= 0.3 is 0 Å². The molecule has 2 aromatic heterocycles. The highest BCUT2D eigenvalue weighted by atomic mass is 32.1. The van der Waals surface area contributed by atoms with Crippen LogP contribution >= 0.6 is 11.3 Å². The van der Waals surface area contributed by atoms with Gasteiger partial charge < -0.3 is 9.32 Å². The van der Waals surface area contributed by atoms with Crippen LogP contribution in [-0.4, -0.2) is 0 Å². The molecule has 0 saturated carbocycles. The van der Waals surface area contributed by atoms with Gasteiger partial charge in [-0.2, -0.15) is 0 Å². The summed E-state index contributed by atoms with van der Waals surface area (Å²) in [6.07, 6.45) is 0. The van der Waals surface area contributed by atoms with Gasteiger partial charge in [-0.25, -0.2) is 0 Å². The van der Waals surface area contributed by atoms with Gasteiger partial charge in [0.05, 0.1) is 11.4 Å². The maximum atomic E-state index is 6.66. The Labute approximate surface area is 287 Å². The van der Waals surface area contributed by atoms with Crippen LogP contribution in [0.3, 0.4) is 0 Å². The third-order valence-corrected chi connectivity index (χ3v) is 10.9. The average molecular weight is 644 g/mol. The molecule has 0 aliphatic rings. The molecule has 0 spiro atoms. The Morgan fingerprint density at radius 2 is 1.08 bits per heavy atom. The molecule has 0 radical (unpaired) electrons.